The van der Waals surface area contributed by atoms with Crippen molar-refractivity contribution in [3.63, 3.8) is 0 Å². The van der Waals surface area contributed by atoms with E-state index in [4.69, 9.17) is 4.74 Å². The Hall–Kier alpha value is -2.35. The number of nitrogens with zero attached hydrogens (tertiary/aromatic N) is 2. The third-order valence-corrected chi connectivity index (χ3v) is 6.47. The number of carbonyl (C=O) groups excluding carboxylic acids is 1. The number of benzene rings is 1. The second-order valence-electron chi connectivity index (χ2n) is 6.58. The number of hydrogen-bond acceptors (Lipinski definition) is 5. The molecule has 0 unspecified atom stereocenters. The van der Waals surface area contributed by atoms with Gasteiger partial charge < -0.3 is 10.1 Å². The lowest BCUT2D eigenvalue weighted by Gasteiger charge is -2.11. The molecule has 1 aliphatic heterocycles. The second-order valence-corrected chi connectivity index (χ2v) is 8.81. The molecular formula is C18H23N3O4S. The first kappa shape index (κ1) is 18.4. The molecule has 2 heterocycles. The molecule has 2 aromatic rings. The van der Waals surface area contributed by atoms with Gasteiger partial charge in [0.25, 0.3) is 5.91 Å². The van der Waals surface area contributed by atoms with Crippen LogP contribution >= 0.6 is 0 Å². The maximum atomic E-state index is 12.6. The molecule has 1 aromatic carbocycles. The van der Waals surface area contributed by atoms with Crippen molar-refractivity contribution in [3.05, 3.63) is 46.8 Å². The topological polar surface area (TPSA) is 90.3 Å². The van der Waals surface area contributed by atoms with Crippen molar-refractivity contribution < 1.29 is 17.9 Å². The summed E-state index contributed by atoms with van der Waals surface area (Å²) in [5.41, 5.74) is 2.79. The van der Waals surface area contributed by atoms with Crippen LogP contribution in [0.25, 0.3) is 0 Å². The second kappa shape index (κ2) is 7.11. The molecule has 7 nitrogen and oxygen atoms in total. The molecule has 1 N–H and O–H groups in total. The van der Waals surface area contributed by atoms with Crippen LogP contribution in [0.1, 0.15) is 39.8 Å². The number of sulfone groups is 1. The van der Waals surface area contributed by atoms with E-state index in [0.29, 0.717) is 29.9 Å². The Labute approximate surface area is 153 Å². The zero-order valence-electron chi connectivity index (χ0n) is 15.2. The predicted molar refractivity (Wildman–Crippen MR) is 98.2 cm³/mol. The van der Waals surface area contributed by atoms with E-state index >= 15 is 0 Å². The predicted octanol–water partition coefficient (Wildman–Crippen LogP) is 1.80. The summed E-state index contributed by atoms with van der Waals surface area (Å²) < 4.78 is 30.3. The average Bonchev–Trinajstić information content (AvgIpc) is 3.11. The Morgan fingerprint density at radius 3 is 2.58 bits per heavy atom. The third kappa shape index (κ3) is 3.75. The lowest BCUT2D eigenvalue weighted by Crippen LogP contribution is -2.24. The average molecular weight is 377 g/mol. The summed E-state index contributed by atoms with van der Waals surface area (Å²) in [5, 5.41) is 7.33. The molecule has 3 rings (SSSR count). The molecule has 1 aliphatic rings. The van der Waals surface area contributed by atoms with Gasteiger partial charge in [0.1, 0.15) is 5.75 Å². The molecule has 26 heavy (non-hydrogen) atoms. The monoisotopic (exact) mass is 377 g/mol. The van der Waals surface area contributed by atoms with Crippen molar-refractivity contribution in [2.75, 3.05) is 18.6 Å². The number of nitrogens with one attached hydrogen (secondary N) is 1. The lowest BCUT2D eigenvalue weighted by molar-refractivity contribution is 0.0949. The van der Waals surface area contributed by atoms with Crippen LogP contribution in [-0.2, 0) is 16.4 Å². The first-order valence-electron chi connectivity index (χ1n) is 8.48. The van der Waals surface area contributed by atoms with E-state index in [1.54, 1.807) is 18.7 Å². The zero-order chi connectivity index (χ0) is 18.9. The van der Waals surface area contributed by atoms with Gasteiger partial charge in [0.15, 0.2) is 9.84 Å². The van der Waals surface area contributed by atoms with Crippen molar-refractivity contribution in [2.24, 2.45) is 0 Å². The van der Waals surface area contributed by atoms with Crippen LogP contribution in [0.15, 0.2) is 24.3 Å². The molecule has 0 aliphatic carbocycles. The van der Waals surface area contributed by atoms with Gasteiger partial charge in [-0.2, -0.15) is 5.10 Å². The summed E-state index contributed by atoms with van der Waals surface area (Å²) in [6, 6.07) is 7.28. The number of amides is 1. The molecule has 0 spiro atoms. The molecule has 1 atom stereocenters. The number of hydrogen-bond donors (Lipinski definition) is 1. The van der Waals surface area contributed by atoms with Gasteiger partial charge in [0.05, 0.1) is 35.9 Å². The van der Waals surface area contributed by atoms with E-state index in [1.165, 1.54) is 0 Å². The van der Waals surface area contributed by atoms with Crippen molar-refractivity contribution in [1.29, 1.82) is 0 Å². The molecule has 1 aromatic heterocycles. The minimum atomic E-state index is -3.01. The fourth-order valence-corrected chi connectivity index (χ4v) is 5.02. The van der Waals surface area contributed by atoms with Gasteiger partial charge in [-0.25, -0.2) is 8.42 Å². The van der Waals surface area contributed by atoms with E-state index in [9.17, 15) is 13.2 Å². The van der Waals surface area contributed by atoms with Crippen LogP contribution in [0.4, 0.5) is 0 Å². The van der Waals surface area contributed by atoms with E-state index in [-0.39, 0.29) is 23.5 Å². The molecule has 140 valence electrons. The Bertz CT molecular complexity index is 917. The molecular weight excluding hydrogens is 354 g/mol. The highest BCUT2D eigenvalue weighted by Crippen LogP contribution is 2.26. The summed E-state index contributed by atoms with van der Waals surface area (Å²) in [4.78, 5) is 12.6. The van der Waals surface area contributed by atoms with Gasteiger partial charge in [-0.15, -0.1) is 0 Å². The summed E-state index contributed by atoms with van der Waals surface area (Å²) in [5.74, 6) is 0.819. The van der Waals surface area contributed by atoms with Crippen molar-refractivity contribution in [1.82, 2.24) is 15.1 Å². The summed E-state index contributed by atoms with van der Waals surface area (Å²) in [6.45, 7) is 3.98. The van der Waals surface area contributed by atoms with Crippen molar-refractivity contribution >= 4 is 15.7 Å². The molecule has 0 bridgehead atoms. The third-order valence-electron chi connectivity index (χ3n) is 4.72. The minimum Gasteiger partial charge on any atom is -0.497 e. The normalized spacial score (nSPS) is 18.7. The number of aromatic nitrogens is 2. The first-order valence-corrected chi connectivity index (χ1v) is 10.3. The zero-order valence-corrected chi connectivity index (χ0v) is 16.0. The Balaban J connectivity index is 1.73. The van der Waals surface area contributed by atoms with Gasteiger partial charge in [-0.3, -0.25) is 9.48 Å². The van der Waals surface area contributed by atoms with Crippen LogP contribution in [0.2, 0.25) is 0 Å². The standard InChI is InChI=1S/C18H23N3O4S/c1-12-17(13(2)21(20-12)15-8-9-26(23,24)11-15)18(22)19-10-14-4-6-16(25-3)7-5-14/h4-7,15H,8-11H2,1-3H3,(H,19,22)/t15-/m1/s1. The SMILES string of the molecule is COc1ccc(CNC(=O)c2c(C)nn([C@@H]3CCS(=O)(=O)C3)c2C)cc1. The Morgan fingerprint density at radius 2 is 2.00 bits per heavy atom. The largest absolute Gasteiger partial charge is 0.497 e. The summed E-state index contributed by atoms with van der Waals surface area (Å²) >= 11 is 0. The number of methoxy groups -OCH3 is 1. The van der Waals surface area contributed by atoms with Gasteiger partial charge >= 0.3 is 0 Å². The molecule has 1 amide bonds. The van der Waals surface area contributed by atoms with E-state index in [2.05, 4.69) is 10.4 Å². The quantitative estimate of drug-likeness (QED) is 0.858. The van der Waals surface area contributed by atoms with Gasteiger partial charge in [0, 0.05) is 12.2 Å². The maximum absolute atomic E-state index is 12.6. The minimum absolute atomic E-state index is 0.0852. The Morgan fingerprint density at radius 1 is 1.31 bits per heavy atom. The van der Waals surface area contributed by atoms with Gasteiger partial charge in [-0.1, -0.05) is 12.1 Å². The first-order chi connectivity index (χ1) is 12.3. The van der Waals surface area contributed by atoms with E-state index < -0.39 is 9.84 Å². The molecule has 0 radical (unpaired) electrons. The maximum Gasteiger partial charge on any atom is 0.255 e. The highest BCUT2D eigenvalue weighted by atomic mass is 32.2. The van der Waals surface area contributed by atoms with E-state index in [1.807, 2.05) is 31.2 Å². The van der Waals surface area contributed by atoms with Crippen LogP contribution in [-0.4, -0.2) is 42.7 Å². The van der Waals surface area contributed by atoms with Crippen molar-refractivity contribution in [2.45, 2.75) is 32.9 Å². The number of ether oxygens (including phenoxy) is 1. The summed E-state index contributed by atoms with van der Waals surface area (Å²) in [6.07, 6.45) is 0.539. The van der Waals surface area contributed by atoms with Crippen molar-refractivity contribution in [3.8, 4) is 5.75 Å². The highest BCUT2D eigenvalue weighted by Gasteiger charge is 2.32. The molecule has 0 saturated carbocycles. The smallest absolute Gasteiger partial charge is 0.255 e. The van der Waals surface area contributed by atoms with E-state index in [0.717, 1.165) is 11.3 Å². The number of rotatable bonds is 5. The van der Waals surface area contributed by atoms with Gasteiger partial charge in [-0.05, 0) is 38.0 Å². The lowest BCUT2D eigenvalue weighted by atomic mass is 10.1. The summed E-state index contributed by atoms with van der Waals surface area (Å²) in [7, 11) is -1.40. The fraction of sp³-hybridized carbons (Fsp3) is 0.444. The van der Waals surface area contributed by atoms with Crippen LogP contribution in [0, 0.1) is 13.8 Å². The van der Waals surface area contributed by atoms with Crippen LogP contribution in [0.5, 0.6) is 5.75 Å². The molecule has 1 fully saturated rings. The number of aryl methyl sites for hydroxylation is 1. The molecule has 1 saturated heterocycles. The van der Waals surface area contributed by atoms with Crippen LogP contribution in [0.3, 0.4) is 0 Å². The molecule has 8 heteroatoms. The van der Waals surface area contributed by atoms with Gasteiger partial charge in [0.2, 0.25) is 0 Å². The Kier molecular flexibility index (Phi) is 5.04. The highest BCUT2D eigenvalue weighted by molar-refractivity contribution is 7.91. The van der Waals surface area contributed by atoms with Crippen LogP contribution < -0.4 is 10.1 Å². The number of carbonyl (C=O) groups is 1. The fourth-order valence-electron chi connectivity index (χ4n) is 3.33.